The second kappa shape index (κ2) is 7.85. The van der Waals surface area contributed by atoms with E-state index in [1.165, 1.54) is 11.8 Å². The summed E-state index contributed by atoms with van der Waals surface area (Å²) in [6.45, 7) is 5.06. The maximum absolute atomic E-state index is 12.4. The van der Waals surface area contributed by atoms with Crippen LogP contribution in [-0.2, 0) is 11.3 Å². The van der Waals surface area contributed by atoms with E-state index in [1.807, 2.05) is 6.07 Å². The van der Waals surface area contributed by atoms with Crippen molar-refractivity contribution >= 4 is 11.6 Å². The highest BCUT2D eigenvalue weighted by Gasteiger charge is 2.26. The van der Waals surface area contributed by atoms with Gasteiger partial charge in [-0.3, -0.25) is 19.6 Å². The molecule has 140 valence electrons. The smallest absolute Gasteiger partial charge is 0.312 e. The highest BCUT2D eigenvalue weighted by Crippen LogP contribution is 2.28. The lowest BCUT2D eigenvalue weighted by atomic mass is 10.2. The summed E-state index contributed by atoms with van der Waals surface area (Å²) in [5, 5.41) is 18.0. The standard InChI is InChI=1S/C17H22N4O5/c1-10-16(21(23)24)11(2)20(19-10)12(3)17(22)18-9-13-6-7-14(25-4)15(8-13)26-5/h6-8,12H,9H2,1-5H3,(H,18,22). The van der Waals surface area contributed by atoms with Crippen LogP contribution in [0, 0.1) is 24.0 Å². The molecule has 1 unspecified atom stereocenters. The van der Waals surface area contributed by atoms with Gasteiger partial charge in [-0.15, -0.1) is 0 Å². The number of benzene rings is 1. The van der Waals surface area contributed by atoms with Crippen molar-refractivity contribution in [2.45, 2.75) is 33.4 Å². The number of hydrogen-bond donors (Lipinski definition) is 1. The van der Waals surface area contributed by atoms with E-state index in [-0.39, 0.29) is 23.8 Å². The van der Waals surface area contributed by atoms with E-state index in [4.69, 9.17) is 9.47 Å². The number of aryl methyl sites for hydroxylation is 1. The summed E-state index contributed by atoms with van der Waals surface area (Å²) in [6.07, 6.45) is 0. The normalized spacial score (nSPS) is 11.7. The molecule has 0 aliphatic rings. The third-order valence-corrected chi connectivity index (χ3v) is 4.13. The lowest BCUT2D eigenvalue weighted by molar-refractivity contribution is -0.386. The van der Waals surface area contributed by atoms with Crippen molar-refractivity contribution in [1.82, 2.24) is 15.1 Å². The molecule has 26 heavy (non-hydrogen) atoms. The van der Waals surface area contributed by atoms with Crippen molar-refractivity contribution in [1.29, 1.82) is 0 Å². The minimum absolute atomic E-state index is 0.0652. The van der Waals surface area contributed by atoms with Crippen LogP contribution in [0.5, 0.6) is 11.5 Å². The quantitative estimate of drug-likeness (QED) is 0.598. The molecule has 1 aromatic heterocycles. The molecule has 0 fully saturated rings. The minimum Gasteiger partial charge on any atom is -0.493 e. The van der Waals surface area contributed by atoms with Crippen molar-refractivity contribution < 1.29 is 19.2 Å². The van der Waals surface area contributed by atoms with Crippen LogP contribution < -0.4 is 14.8 Å². The summed E-state index contributed by atoms with van der Waals surface area (Å²) in [7, 11) is 3.09. The molecule has 0 bridgehead atoms. The summed E-state index contributed by atoms with van der Waals surface area (Å²) in [6, 6.07) is 4.68. The molecule has 1 heterocycles. The highest BCUT2D eigenvalue weighted by molar-refractivity contribution is 5.80. The van der Waals surface area contributed by atoms with Gasteiger partial charge in [-0.1, -0.05) is 6.07 Å². The van der Waals surface area contributed by atoms with Crippen molar-refractivity contribution in [2.75, 3.05) is 14.2 Å². The van der Waals surface area contributed by atoms with Gasteiger partial charge in [0.25, 0.3) is 0 Å². The van der Waals surface area contributed by atoms with Gasteiger partial charge in [0.15, 0.2) is 11.5 Å². The molecule has 0 aliphatic carbocycles. The predicted octanol–water partition coefficient (Wildman–Crippen LogP) is 2.30. The Morgan fingerprint density at radius 3 is 2.50 bits per heavy atom. The maximum atomic E-state index is 12.4. The van der Waals surface area contributed by atoms with Crippen molar-refractivity contribution in [2.24, 2.45) is 0 Å². The van der Waals surface area contributed by atoms with Crippen LogP contribution in [0.25, 0.3) is 0 Å². The zero-order chi connectivity index (χ0) is 19.4. The van der Waals surface area contributed by atoms with Crippen LogP contribution in [0.3, 0.4) is 0 Å². The Morgan fingerprint density at radius 2 is 1.96 bits per heavy atom. The molecule has 0 aliphatic heterocycles. The van der Waals surface area contributed by atoms with Crippen molar-refractivity contribution in [3.05, 3.63) is 45.3 Å². The average molecular weight is 362 g/mol. The average Bonchev–Trinajstić information content (AvgIpc) is 2.92. The van der Waals surface area contributed by atoms with Gasteiger partial charge in [0.05, 0.1) is 19.1 Å². The van der Waals surface area contributed by atoms with Crippen molar-refractivity contribution in [3.63, 3.8) is 0 Å². The van der Waals surface area contributed by atoms with E-state index in [0.717, 1.165) is 5.56 Å². The number of methoxy groups -OCH3 is 2. The fourth-order valence-corrected chi connectivity index (χ4v) is 2.73. The molecule has 1 amide bonds. The Kier molecular flexibility index (Phi) is 5.81. The highest BCUT2D eigenvalue weighted by atomic mass is 16.6. The topological polar surface area (TPSA) is 109 Å². The fraction of sp³-hybridized carbons (Fsp3) is 0.412. The zero-order valence-corrected chi connectivity index (χ0v) is 15.4. The maximum Gasteiger partial charge on any atom is 0.312 e. The molecule has 0 radical (unpaired) electrons. The summed E-state index contributed by atoms with van der Waals surface area (Å²) in [5.74, 6) is 0.882. The monoisotopic (exact) mass is 362 g/mol. The van der Waals surface area contributed by atoms with E-state index in [1.54, 1.807) is 40.0 Å². The number of ether oxygens (including phenoxy) is 2. The molecule has 1 aromatic carbocycles. The first kappa shape index (κ1) is 19.2. The number of nitrogens with zero attached hydrogens (tertiary/aromatic N) is 3. The molecule has 1 atom stereocenters. The lowest BCUT2D eigenvalue weighted by Gasteiger charge is -2.15. The first-order valence-electron chi connectivity index (χ1n) is 7.98. The van der Waals surface area contributed by atoms with Gasteiger partial charge in [0.1, 0.15) is 17.4 Å². The minimum atomic E-state index is -0.678. The summed E-state index contributed by atoms with van der Waals surface area (Å²) in [5.41, 5.74) is 1.40. The van der Waals surface area contributed by atoms with Gasteiger partial charge in [0.2, 0.25) is 5.91 Å². The predicted molar refractivity (Wildman–Crippen MR) is 94.5 cm³/mol. The number of amides is 1. The Morgan fingerprint density at radius 1 is 1.31 bits per heavy atom. The first-order chi connectivity index (χ1) is 12.3. The van der Waals surface area contributed by atoms with Gasteiger partial charge in [0, 0.05) is 6.54 Å². The molecule has 0 saturated carbocycles. The molecule has 2 rings (SSSR count). The van der Waals surface area contributed by atoms with Crippen LogP contribution in [-0.4, -0.2) is 34.8 Å². The fourth-order valence-electron chi connectivity index (χ4n) is 2.73. The van der Waals surface area contributed by atoms with Crippen LogP contribution in [0.15, 0.2) is 18.2 Å². The number of hydrogen-bond acceptors (Lipinski definition) is 6. The molecule has 0 saturated heterocycles. The molecule has 0 spiro atoms. The number of nitrogens with one attached hydrogen (secondary N) is 1. The van der Waals surface area contributed by atoms with Gasteiger partial charge >= 0.3 is 5.69 Å². The van der Waals surface area contributed by atoms with Gasteiger partial charge in [-0.25, -0.2) is 0 Å². The Hall–Kier alpha value is -3.10. The summed E-state index contributed by atoms with van der Waals surface area (Å²) < 4.78 is 11.8. The van der Waals surface area contributed by atoms with E-state index in [2.05, 4.69) is 10.4 Å². The molecular formula is C17H22N4O5. The molecule has 9 nitrogen and oxygen atoms in total. The van der Waals surface area contributed by atoms with E-state index >= 15 is 0 Å². The van der Waals surface area contributed by atoms with E-state index in [9.17, 15) is 14.9 Å². The van der Waals surface area contributed by atoms with Crippen LogP contribution in [0.2, 0.25) is 0 Å². The number of carbonyl (C=O) groups is 1. The number of aromatic nitrogens is 2. The van der Waals surface area contributed by atoms with Gasteiger partial charge in [-0.05, 0) is 38.5 Å². The van der Waals surface area contributed by atoms with Gasteiger partial charge < -0.3 is 14.8 Å². The second-order valence-corrected chi connectivity index (χ2v) is 5.80. The Balaban J connectivity index is 2.11. The largest absolute Gasteiger partial charge is 0.493 e. The third kappa shape index (κ3) is 3.76. The lowest BCUT2D eigenvalue weighted by Crippen LogP contribution is -2.31. The zero-order valence-electron chi connectivity index (χ0n) is 15.4. The summed E-state index contributed by atoms with van der Waals surface area (Å²) in [4.78, 5) is 23.1. The number of nitro groups is 1. The van der Waals surface area contributed by atoms with Crippen LogP contribution >= 0.6 is 0 Å². The van der Waals surface area contributed by atoms with Gasteiger partial charge in [-0.2, -0.15) is 5.10 Å². The number of carbonyl (C=O) groups excluding carboxylic acids is 1. The van der Waals surface area contributed by atoms with E-state index in [0.29, 0.717) is 17.2 Å². The molecule has 9 heteroatoms. The third-order valence-electron chi connectivity index (χ3n) is 4.13. The molecule has 1 N–H and O–H groups in total. The van der Waals surface area contributed by atoms with E-state index < -0.39 is 11.0 Å². The van der Waals surface area contributed by atoms with Crippen LogP contribution in [0.1, 0.15) is 29.9 Å². The van der Waals surface area contributed by atoms with Crippen LogP contribution in [0.4, 0.5) is 5.69 Å². The molecular weight excluding hydrogens is 340 g/mol. The molecule has 2 aromatic rings. The Labute approximate surface area is 151 Å². The number of rotatable bonds is 7. The Bertz CT molecular complexity index is 831. The first-order valence-corrected chi connectivity index (χ1v) is 7.98. The summed E-state index contributed by atoms with van der Waals surface area (Å²) >= 11 is 0. The van der Waals surface area contributed by atoms with Crippen molar-refractivity contribution in [3.8, 4) is 11.5 Å². The SMILES string of the molecule is COc1ccc(CNC(=O)C(C)n2nc(C)c([N+](=O)[O-])c2C)cc1OC. The second-order valence-electron chi connectivity index (χ2n) is 5.80.